The summed E-state index contributed by atoms with van der Waals surface area (Å²) in [4.78, 5) is 23.1. The van der Waals surface area contributed by atoms with Gasteiger partial charge < -0.3 is 5.11 Å². The minimum absolute atomic E-state index is 0. The number of Topliss-reactive ketones (excluding diaryl/α,β-unsaturated/α-hetero) is 2. The Bertz CT molecular complexity index is 431. The van der Waals surface area contributed by atoms with Gasteiger partial charge >= 0.3 is 0 Å². The molecule has 0 spiro atoms. The molecule has 1 aliphatic rings. The van der Waals surface area contributed by atoms with Crippen LogP contribution < -0.4 is 0 Å². The van der Waals surface area contributed by atoms with E-state index in [-0.39, 0.29) is 52.6 Å². The van der Waals surface area contributed by atoms with Gasteiger partial charge in [-0.2, -0.15) is 0 Å². The molecule has 1 fully saturated rings. The number of rotatable bonds is 1. The second-order valence-corrected chi connectivity index (χ2v) is 3.90. The molecule has 1 aromatic rings. The van der Waals surface area contributed by atoms with Crippen LogP contribution in [-0.2, 0) is 9.59 Å². The Morgan fingerprint density at radius 1 is 1.06 bits per heavy atom. The van der Waals surface area contributed by atoms with E-state index in [4.69, 9.17) is 5.11 Å². The van der Waals surface area contributed by atoms with Crippen molar-refractivity contribution in [2.45, 2.75) is 18.8 Å². The predicted octanol–water partition coefficient (Wildman–Crippen LogP) is 1.76. The third-order valence-corrected chi connectivity index (χ3v) is 2.86. The van der Waals surface area contributed by atoms with Crippen LogP contribution in [0.4, 0.5) is 0 Å². The SMILES string of the molecule is O=C1CC(c2ccccc2)CC(=O)C1=CO.[Na]. The first-order chi connectivity index (χ1) is 7.72. The Balaban J connectivity index is 0.00000144. The molecule has 0 amide bonds. The molecule has 0 heterocycles. The Morgan fingerprint density at radius 3 is 2.06 bits per heavy atom. The zero-order valence-corrected chi connectivity index (χ0v) is 11.7. The molecule has 4 heteroatoms. The number of hydrogen-bond acceptors (Lipinski definition) is 3. The standard InChI is InChI=1S/C13H12O3.Na/c14-8-11-12(15)6-10(7-13(11)16)9-4-2-1-3-5-9;/h1-5,8,10,14H,6-7H2;. The van der Waals surface area contributed by atoms with E-state index >= 15 is 0 Å². The molecule has 3 nitrogen and oxygen atoms in total. The molecular formula is C13H12NaO3. The van der Waals surface area contributed by atoms with Crippen molar-refractivity contribution in [2.24, 2.45) is 0 Å². The molecule has 0 atom stereocenters. The van der Waals surface area contributed by atoms with Crippen LogP contribution >= 0.6 is 0 Å². The summed E-state index contributed by atoms with van der Waals surface area (Å²) in [5.41, 5.74) is 0.938. The number of hydrogen-bond donors (Lipinski definition) is 1. The summed E-state index contributed by atoms with van der Waals surface area (Å²) in [6.45, 7) is 0. The van der Waals surface area contributed by atoms with Gasteiger partial charge in [0.05, 0.1) is 11.8 Å². The van der Waals surface area contributed by atoms with Crippen LogP contribution in [-0.4, -0.2) is 46.2 Å². The minimum atomic E-state index is -0.271. The number of carbonyl (C=O) groups is 2. The Hall–Kier alpha value is -0.900. The normalized spacial score (nSPS) is 19.8. The van der Waals surface area contributed by atoms with Gasteiger partial charge in [-0.15, -0.1) is 0 Å². The molecular weight excluding hydrogens is 227 g/mol. The summed E-state index contributed by atoms with van der Waals surface area (Å²) in [6, 6.07) is 9.51. The van der Waals surface area contributed by atoms with E-state index in [1.54, 1.807) is 0 Å². The Morgan fingerprint density at radius 2 is 1.59 bits per heavy atom. The maximum Gasteiger partial charge on any atom is 0.170 e. The molecule has 0 aliphatic heterocycles. The van der Waals surface area contributed by atoms with Crippen LogP contribution in [0, 0.1) is 0 Å². The van der Waals surface area contributed by atoms with E-state index in [0.29, 0.717) is 19.1 Å². The summed E-state index contributed by atoms with van der Waals surface area (Å²) in [5.74, 6) is -0.592. The number of allylic oxidation sites excluding steroid dienone is 1. The van der Waals surface area contributed by atoms with Crippen molar-refractivity contribution >= 4 is 41.1 Å². The quantitative estimate of drug-likeness (QED) is 0.351. The van der Waals surface area contributed by atoms with Gasteiger partial charge in [-0.05, 0) is 11.5 Å². The van der Waals surface area contributed by atoms with Crippen LogP contribution in [0.2, 0.25) is 0 Å². The average Bonchev–Trinajstić information content (AvgIpc) is 2.30. The van der Waals surface area contributed by atoms with Gasteiger partial charge in [0.1, 0.15) is 0 Å². The molecule has 1 saturated carbocycles. The van der Waals surface area contributed by atoms with Crippen LogP contribution in [0.25, 0.3) is 0 Å². The van der Waals surface area contributed by atoms with E-state index in [9.17, 15) is 9.59 Å². The summed E-state index contributed by atoms with van der Waals surface area (Å²) < 4.78 is 0. The summed E-state index contributed by atoms with van der Waals surface area (Å²) in [5, 5.41) is 8.78. The van der Waals surface area contributed by atoms with E-state index in [0.717, 1.165) is 5.56 Å². The van der Waals surface area contributed by atoms with Crippen molar-refractivity contribution in [1.29, 1.82) is 0 Å². The zero-order valence-electron chi connectivity index (χ0n) is 9.72. The predicted molar refractivity (Wildman–Crippen MR) is 64.9 cm³/mol. The van der Waals surface area contributed by atoms with Gasteiger partial charge in [0, 0.05) is 42.4 Å². The molecule has 0 saturated heterocycles. The largest absolute Gasteiger partial charge is 0.515 e. The minimum Gasteiger partial charge on any atom is -0.515 e. The maximum atomic E-state index is 11.6. The van der Waals surface area contributed by atoms with Crippen LogP contribution in [0.1, 0.15) is 24.3 Å². The number of benzene rings is 1. The van der Waals surface area contributed by atoms with E-state index in [2.05, 4.69) is 0 Å². The molecule has 2 rings (SSSR count). The van der Waals surface area contributed by atoms with Crippen molar-refractivity contribution in [1.82, 2.24) is 0 Å². The molecule has 1 aromatic carbocycles. The average molecular weight is 239 g/mol. The molecule has 1 radical (unpaired) electrons. The molecule has 83 valence electrons. The zero-order chi connectivity index (χ0) is 11.5. The van der Waals surface area contributed by atoms with Gasteiger partial charge in [-0.3, -0.25) is 9.59 Å². The van der Waals surface area contributed by atoms with Crippen molar-refractivity contribution in [3.05, 3.63) is 47.7 Å². The number of aliphatic hydroxyl groups is 1. The summed E-state index contributed by atoms with van der Waals surface area (Å²) in [7, 11) is 0. The Labute approximate surface area is 122 Å². The fraction of sp³-hybridized carbons (Fsp3) is 0.231. The molecule has 0 bridgehead atoms. The van der Waals surface area contributed by atoms with Gasteiger partial charge in [-0.25, -0.2) is 0 Å². The molecule has 1 N–H and O–H groups in total. The first-order valence-corrected chi connectivity index (χ1v) is 5.18. The van der Waals surface area contributed by atoms with Gasteiger partial charge in [-0.1, -0.05) is 30.3 Å². The first-order valence-electron chi connectivity index (χ1n) is 5.18. The Kier molecular flexibility index (Phi) is 5.12. The third kappa shape index (κ3) is 3.06. The number of ketones is 2. The van der Waals surface area contributed by atoms with Crippen LogP contribution in [0.5, 0.6) is 0 Å². The van der Waals surface area contributed by atoms with Gasteiger partial charge in [0.2, 0.25) is 0 Å². The van der Waals surface area contributed by atoms with E-state index < -0.39 is 0 Å². The van der Waals surface area contributed by atoms with E-state index in [1.165, 1.54) is 0 Å². The molecule has 1 aliphatic carbocycles. The fourth-order valence-corrected chi connectivity index (χ4v) is 2.00. The topological polar surface area (TPSA) is 54.4 Å². The molecule has 0 unspecified atom stereocenters. The van der Waals surface area contributed by atoms with Crippen molar-refractivity contribution in [2.75, 3.05) is 0 Å². The monoisotopic (exact) mass is 239 g/mol. The third-order valence-electron chi connectivity index (χ3n) is 2.86. The van der Waals surface area contributed by atoms with Crippen molar-refractivity contribution in [3.63, 3.8) is 0 Å². The fourth-order valence-electron chi connectivity index (χ4n) is 2.00. The van der Waals surface area contributed by atoms with Crippen LogP contribution in [0.3, 0.4) is 0 Å². The smallest absolute Gasteiger partial charge is 0.170 e. The molecule has 17 heavy (non-hydrogen) atoms. The molecule has 0 aromatic heterocycles. The van der Waals surface area contributed by atoms with Crippen LogP contribution in [0.15, 0.2) is 42.2 Å². The summed E-state index contributed by atoms with van der Waals surface area (Å²) in [6.07, 6.45) is 1.22. The van der Waals surface area contributed by atoms with E-state index in [1.807, 2.05) is 30.3 Å². The van der Waals surface area contributed by atoms with Gasteiger partial charge in [0.15, 0.2) is 11.6 Å². The van der Waals surface area contributed by atoms with Crippen molar-refractivity contribution < 1.29 is 14.7 Å². The summed E-state index contributed by atoms with van der Waals surface area (Å²) >= 11 is 0. The van der Waals surface area contributed by atoms with Gasteiger partial charge in [0.25, 0.3) is 0 Å². The maximum absolute atomic E-state index is 11.6. The first kappa shape index (κ1) is 14.2. The number of aliphatic hydroxyl groups excluding tert-OH is 1. The second kappa shape index (κ2) is 6.15. The number of carbonyl (C=O) groups excluding carboxylic acids is 2. The second-order valence-electron chi connectivity index (χ2n) is 3.90. The van der Waals surface area contributed by atoms with Crippen molar-refractivity contribution in [3.8, 4) is 0 Å².